The third-order valence-corrected chi connectivity index (χ3v) is 3.01. The summed E-state index contributed by atoms with van der Waals surface area (Å²) >= 11 is 0. The van der Waals surface area contributed by atoms with E-state index >= 15 is 0 Å². The van der Waals surface area contributed by atoms with Crippen LogP contribution in [0.3, 0.4) is 0 Å². The van der Waals surface area contributed by atoms with Crippen LogP contribution < -0.4 is 5.32 Å². The Labute approximate surface area is 113 Å². The Bertz CT molecular complexity index is 482. The first-order chi connectivity index (χ1) is 9.18. The van der Waals surface area contributed by atoms with Crippen molar-refractivity contribution in [3.8, 4) is 0 Å². The van der Waals surface area contributed by atoms with E-state index in [1.54, 1.807) is 24.2 Å². The highest BCUT2D eigenvalue weighted by Gasteiger charge is 2.25. The van der Waals surface area contributed by atoms with Crippen LogP contribution in [-0.2, 0) is 16.1 Å². The van der Waals surface area contributed by atoms with Crippen LogP contribution in [0.2, 0.25) is 0 Å². The van der Waals surface area contributed by atoms with E-state index in [2.05, 4.69) is 11.9 Å². The molecule has 1 N–H and O–H groups in total. The van der Waals surface area contributed by atoms with Gasteiger partial charge in [0.25, 0.3) is 0 Å². The highest BCUT2D eigenvalue weighted by atomic mass is 16.5. The Morgan fingerprint density at radius 3 is 2.89 bits per heavy atom. The molecule has 0 aliphatic carbocycles. The highest BCUT2D eigenvalue weighted by Crippen LogP contribution is 2.15. The van der Waals surface area contributed by atoms with Crippen LogP contribution in [0, 0.1) is 0 Å². The number of ether oxygens (including phenoxy) is 1. The molecule has 0 aromatic heterocycles. The van der Waals surface area contributed by atoms with E-state index < -0.39 is 0 Å². The molecular formula is C15H18N2O2. The van der Waals surface area contributed by atoms with E-state index in [9.17, 15) is 4.79 Å². The molecule has 4 nitrogen and oxygen atoms in total. The number of benzene rings is 1. The lowest BCUT2D eigenvalue weighted by Crippen LogP contribution is -2.45. The number of nitrogens with zero attached hydrogens (tertiary/aromatic N) is 1. The van der Waals surface area contributed by atoms with E-state index in [-0.39, 0.29) is 11.8 Å². The van der Waals surface area contributed by atoms with Crippen molar-refractivity contribution >= 4 is 5.78 Å². The summed E-state index contributed by atoms with van der Waals surface area (Å²) in [5.41, 5.74) is 1.07. The quantitative estimate of drug-likeness (QED) is 0.820. The zero-order valence-electron chi connectivity index (χ0n) is 11.0. The molecule has 1 aliphatic heterocycles. The average Bonchev–Trinajstić information content (AvgIpc) is 2.46. The Kier molecular flexibility index (Phi) is 4.23. The fraction of sp³-hybridized carbons (Fsp3) is 0.267. The average molecular weight is 258 g/mol. The summed E-state index contributed by atoms with van der Waals surface area (Å²) in [5, 5.41) is 3.04. The van der Waals surface area contributed by atoms with Gasteiger partial charge in [0, 0.05) is 18.9 Å². The van der Waals surface area contributed by atoms with E-state index in [4.69, 9.17) is 4.74 Å². The molecule has 0 bridgehead atoms. The number of ketones is 1. The minimum Gasteiger partial charge on any atom is -0.474 e. The van der Waals surface area contributed by atoms with Gasteiger partial charge in [-0.15, -0.1) is 0 Å². The van der Waals surface area contributed by atoms with Gasteiger partial charge in [-0.2, -0.15) is 0 Å². The molecule has 0 spiro atoms. The van der Waals surface area contributed by atoms with Crippen molar-refractivity contribution in [2.24, 2.45) is 0 Å². The molecule has 0 amide bonds. The zero-order chi connectivity index (χ0) is 13.7. The van der Waals surface area contributed by atoms with Crippen LogP contribution in [0.1, 0.15) is 12.5 Å². The van der Waals surface area contributed by atoms with Crippen LogP contribution in [-0.4, -0.2) is 23.3 Å². The smallest absolute Gasteiger partial charge is 0.187 e. The minimum absolute atomic E-state index is 0.0845. The van der Waals surface area contributed by atoms with Crippen LogP contribution in [0.5, 0.6) is 0 Å². The van der Waals surface area contributed by atoms with E-state index in [0.29, 0.717) is 19.0 Å². The number of hydrogen-bond donors (Lipinski definition) is 1. The Hall–Kier alpha value is -2.23. The standard InChI is InChI=1S/C15H18N2O2/c1-12(18)15-10-16-8-9-17(15)13(2)19-11-14-6-4-3-5-7-14/h3-9,15-16H,2,10-11H2,1H3. The van der Waals surface area contributed by atoms with Gasteiger partial charge in [0.2, 0.25) is 0 Å². The van der Waals surface area contributed by atoms with Crippen LogP contribution in [0.15, 0.2) is 55.2 Å². The molecule has 1 unspecified atom stereocenters. The molecule has 0 saturated carbocycles. The van der Waals surface area contributed by atoms with E-state index in [1.807, 2.05) is 30.3 Å². The van der Waals surface area contributed by atoms with Crippen LogP contribution in [0.4, 0.5) is 0 Å². The maximum atomic E-state index is 11.6. The van der Waals surface area contributed by atoms with Gasteiger partial charge in [-0.1, -0.05) is 30.3 Å². The molecule has 4 heteroatoms. The Morgan fingerprint density at radius 1 is 1.47 bits per heavy atom. The van der Waals surface area contributed by atoms with Gasteiger partial charge >= 0.3 is 0 Å². The van der Waals surface area contributed by atoms with Gasteiger partial charge in [0.05, 0.1) is 0 Å². The summed E-state index contributed by atoms with van der Waals surface area (Å²) in [7, 11) is 0. The first kappa shape index (κ1) is 13.2. The zero-order valence-corrected chi connectivity index (χ0v) is 11.0. The fourth-order valence-corrected chi connectivity index (χ4v) is 1.93. The number of carbonyl (C=O) groups is 1. The van der Waals surface area contributed by atoms with Crippen molar-refractivity contribution < 1.29 is 9.53 Å². The van der Waals surface area contributed by atoms with Gasteiger partial charge in [-0.05, 0) is 19.1 Å². The van der Waals surface area contributed by atoms with Crippen LogP contribution in [0.25, 0.3) is 0 Å². The van der Waals surface area contributed by atoms with E-state index in [0.717, 1.165) is 5.56 Å². The molecule has 19 heavy (non-hydrogen) atoms. The van der Waals surface area contributed by atoms with Crippen molar-refractivity contribution in [1.29, 1.82) is 0 Å². The summed E-state index contributed by atoms with van der Waals surface area (Å²) in [6, 6.07) is 9.61. The second-order valence-corrected chi connectivity index (χ2v) is 4.43. The second kappa shape index (κ2) is 6.09. The minimum atomic E-state index is -0.256. The molecule has 0 fully saturated rings. The SMILES string of the molecule is C=C(OCc1ccccc1)N1C=CNCC1C(C)=O. The van der Waals surface area contributed by atoms with Gasteiger partial charge in [0.15, 0.2) is 11.7 Å². The molecule has 1 atom stereocenters. The van der Waals surface area contributed by atoms with Gasteiger partial charge in [-0.25, -0.2) is 0 Å². The highest BCUT2D eigenvalue weighted by molar-refractivity contribution is 5.82. The third-order valence-electron chi connectivity index (χ3n) is 3.01. The van der Waals surface area contributed by atoms with Crippen molar-refractivity contribution in [2.45, 2.75) is 19.6 Å². The normalized spacial score (nSPS) is 17.7. The molecule has 2 rings (SSSR count). The topological polar surface area (TPSA) is 41.6 Å². The number of Topliss-reactive ketones (excluding diaryl/α,β-unsaturated/α-hetero) is 1. The molecule has 1 aliphatic rings. The summed E-state index contributed by atoms with van der Waals surface area (Å²) < 4.78 is 5.65. The maximum Gasteiger partial charge on any atom is 0.187 e. The van der Waals surface area contributed by atoms with E-state index in [1.165, 1.54) is 0 Å². The van der Waals surface area contributed by atoms with Gasteiger partial charge in [-0.3, -0.25) is 4.79 Å². The fourth-order valence-electron chi connectivity index (χ4n) is 1.93. The Morgan fingerprint density at radius 2 is 2.21 bits per heavy atom. The number of hydrogen-bond acceptors (Lipinski definition) is 4. The predicted molar refractivity (Wildman–Crippen MR) is 73.8 cm³/mol. The summed E-state index contributed by atoms with van der Waals surface area (Å²) in [6.07, 6.45) is 3.57. The van der Waals surface area contributed by atoms with Gasteiger partial charge < -0.3 is 15.0 Å². The molecule has 1 aromatic rings. The van der Waals surface area contributed by atoms with Crippen LogP contribution >= 0.6 is 0 Å². The lowest BCUT2D eigenvalue weighted by Gasteiger charge is -2.32. The van der Waals surface area contributed by atoms with Crippen molar-refractivity contribution in [3.05, 3.63) is 60.8 Å². The largest absolute Gasteiger partial charge is 0.474 e. The molecule has 1 aromatic carbocycles. The first-order valence-corrected chi connectivity index (χ1v) is 6.23. The third kappa shape index (κ3) is 3.37. The number of rotatable bonds is 5. The lowest BCUT2D eigenvalue weighted by molar-refractivity contribution is -0.121. The molecule has 0 radical (unpaired) electrons. The second-order valence-electron chi connectivity index (χ2n) is 4.43. The molecule has 0 saturated heterocycles. The summed E-state index contributed by atoms with van der Waals surface area (Å²) in [6.45, 7) is 6.49. The maximum absolute atomic E-state index is 11.6. The number of nitrogens with one attached hydrogen (secondary N) is 1. The summed E-state index contributed by atoms with van der Waals surface area (Å²) in [5.74, 6) is 0.572. The monoisotopic (exact) mass is 258 g/mol. The number of carbonyl (C=O) groups excluding carboxylic acids is 1. The molecule has 100 valence electrons. The summed E-state index contributed by atoms with van der Waals surface area (Å²) in [4.78, 5) is 13.3. The molecular weight excluding hydrogens is 240 g/mol. The van der Waals surface area contributed by atoms with Crippen molar-refractivity contribution in [1.82, 2.24) is 10.2 Å². The molecule has 1 heterocycles. The van der Waals surface area contributed by atoms with Gasteiger partial charge in [0.1, 0.15) is 12.6 Å². The van der Waals surface area contributed by atoms with Crippen molar-refractivity contribution in [3.63, 3.8) is 0 Å². The first-order valence-electron chi connectivity index (χ1n) is 6.23. The Balaban J connectivity index is 1.97. The van der Waals surface area contributed by atoms with Crippen molar-refractivity contribution in [2.75, 3.05) is 6.54 Å². The predicted octanol–water partition coefficient (Wildman–Crippen LogP) is 2.01. The lowest BCUT2D eigenvalue weighted by atomic mass is 10.1.